The van der Waals surface area contributed by atoms with Crippen LogP contribution in [0.25, 0.3) is 22.2 Å². The minimum absolute atomic E-state index is 0.380. The highest BCUT2D eigenvalue weighted by molar-refractivity contribution is 7.13. The molecule has 3 rings (SSSR count). The summed E-state index contributed by atoms with van der Waals surface area (Å²) in [5.74, 6) is 2.07. The number of aryl methyl sites for hydroxylation is 2. The van der Waals surface area contributed by atoms with Crippen molar-refractivity contribution in [3.05, 3.63) is 39.8 Å². The zero-order valence-electron chi connectivity index (χ0n) is 19.3. The molecule has 0 unspecified atom stereocenters. The first-order valence-electron chi connectivity index (χ1n) is 10.8. The number of carbonyl (C=O) groups is 1. The first-order chi connectivity index (χ1) is 15.3. The molecule has 0 saturated carbocycles. The average molecular weight is 458 g/mol. The lowest BCUT2D eigenvalue weighted by Crippen LogP contribution is -2.28. The molecule has 0 fully saturated rings. The molecule has 2 heterocycles. The third-order valence-electron chi connectivity index (χ3n) is 5.13. The van der Waals surface area contributed by atoms with Gasteiger partial charge in [-0.3, -0.25) is 4.79 Å². The number of carbonyl (C=O) groups excluding carboxylic acids is 1. The molecular formula is C24H31N3O4S. The Morgan fingerprint density at radius 1 is 1.19 bits per heavy atom. The quantitative estimate of drug-likeness (QED) is 0.436. The molecule has 7 nitrogen and oxygen atoms in total. The summed E-state index contributed by atoms with van der Waals surface area (Å²) < 4.78 is 12.0. The standard InChI is InChI=1S/C24H31N3O4S/c1-14(2)9-19-13-32-22(17(19)5)24-27-26-23(31-24)18-10-15(3)21(16(4)11-18)30-8-6-7-25-20(29)12-28/h10-11,13-14,28H,6-9,12H2,1-5H3,(H,25,29). The van der Waals surface area contributed by atoms with Gasteiger partial charge in [0.25, 0.3) is 5.89 Å². The van der Waals surface area contributed by atoms with E-state index in [1.54, 1.807) is 11.3 Å². The number of nitrogens with one attached hydrogen (secondary N) is 1. The molecule has 0 aliphatic rings. The molecule has 0 saturated heterocycles. The average Bonchev–Trinajstić information content (AvgIpc) is 3.36. The van der Waals surface area contributed by atoms with Crippen LogP contribution in [0.3, 0.4) is 0 Å². The van der Waals surface area contributed by atoms with Crippen LogP contribution in [-0.2, 0) is 11.2 Å². The minimum Gasteiger partial charge on any atom is -0.493 e. The van der Waals surface area contributed by atoms with E-state index in [-0.39, 0.29) is 5.91 Å². The maximum Gasteiger partial charge on any atom is 0.258 e. The van der Waals surface area contributed by atoms with E-state index in [1.165, 1.54) is 11.1 Å². The molecule has 32 heavy (non-hydrogen) atoms. The SMILES string of the molecule is Cc1cc(-c2nnc(-c3scc(CC(C)C)c3C)o2)cc(C)c1OCCCNC(=O)CO. The van der Waals surface area contributed by atoms with Gasteiger partial charge in [-0.2, -0.15) is 0 Å². The summed E-state index contributed by atoms with van der Waals surface area (Å²) in [6.07, 6.45) is 1.69. The number of ether oxygens (including phenoxy) is 1. The van der Waals surface area contributed by atoms with Crippen LogP contribution in [0, 0.1) is 26.7 Å². The summed E-state index contributed by atoms with van der Waals surface area (Å²) in [7, 11) is 0. The summed E-state index contributed by atoms with van der Waals surface area (Å²) in [5, 5.41) is 22.1. The molecule has 0 aliphatic carbocycles. The fraction of sp³-hybridized carbons (Fsp3) is 0.458. The highest BCUT2D eigenvalue weighted by atomic mass is 32.1. The van der Waals surface area contributed by atoms with Gasteiger partial charge in [-0.25, -0.2) is 0 Å². The lowest BCUT2D eigenvalue weighted by molar-refractivity contribution is -0.123. The van der Waals surface area contributed by atoms with Crippen molar-refractivity contribution in [2.75, 3.05) is 19.8 Å². The number of aliphatic hydroxyl groups excluding tert-OH is 1. The Labute approximate surface area is 192 Å². The Morgan fingerprint density at radius 2 is 1.88 bits per heavy atom. The molecule has 0 atom stereocenters. The molecule has 0 radical (unpaired) electrons. The van der Waals surface area contributed by atoms with E-state index in [9.17, 15) is 4.79 Å². The van der Waals surface area contributed by atoms with Crippen molar-refractivity contribution < 1.29 is 19.1 Å². The van der Waals surface area contributed by atoms with Gasteiger partial charge in [-0.05, 0) is 79.3 Å². The number of thiophene rings is 1. The van der Waals surface area contributed by atoms with E-state index in [2.05, 4.69) is 41.7 Å². The molecule has 0 spiro atoms. The van der Waals surface area contributed by atoms with Gasteiger partial charge < -0.3 is 19.6 Å². The van der Waals surface area contributed by atoms with E-state index in [4.69, 9.17) is 14.3 Å². The largest absolute Gasteiger partial charge is 0.493 e. The van der Waals surface area contributed by atoms with Crippen molar-refractivity contribution in [2.45, 2.75) is 47.5 Å². The number of aromatic nitrogens is 2. The van der Waals surface area contributed by atoms with E-state index in [1.807, 2.05) is 26.0 Å². The molecule has 8 heteroatoms. The van der Waals surface area contributed by atoms with E-state index < -0.39 is 6.61 Å². The van der Waals surface area contributed by atoms with Crippen LogP contribution in [0.1, 0.15) is 42.5 Å². The molecule has 0 aliphatic heterocycles. The predicted octanol–water partition coefficient (Wildman–Crippen LogP) is 4.47. The second-order valence-corrected chi connectivity index (χ2v) is 9.25. The van der Waals surface area contributed by atoms with Crippen LogP contribution < -0.4 is 10.1 Å². The Balaban J connectivity index is 1.70. The monoisotopic (exact) mass is 457 g/mol. The molecule has 0 bridgehead atoms. The van der Waals surface area contributed by atoms with E-state index in [0.717, 1.165) is 33.7 Å². The van der Waals surface area contributed by atoms with Gasteiger partial charge in [-0.15, -0.1) is 21.5 Å². The van der Waals surface area contributed by atoms with Crippen molar-refractivity contribution >= 4 is 17.2 Å². The fourth-order valence-electron chi connectivity index (χ4n) is 3.57. The van der Waals surface area contributed by atoms with Gasteiger partial charge in [0, 0.05) is 12.1 Å². The maximum atomic E-state index is 11.1. The van der Waals surface area contributed by atoms with Crippen molar-refractivity contribution in [3.63, 3.8) is 0 Å². The molecule has 2 aromatic heterocycles. The van der Waals surface area contributed by atoms with Crippen LogP contribution in [0.2, 0.25) is 0 Å². The highest BCUT2D eigenvalue weighted by Gasteiger charge is 2.18. The van der Waals surface area contributed by atoms with Gasteiger partial charge in [-0.1, -0.05) is 13.8 Å². The summed E-state index contributed by atoms with van der Waals surface area (Å²) in [5.41, 5.74) is 5.36. The Hall–Kier alpha value is -2.71. The van der Waals surface area contributed by atoms with Gasteiger partial charge in [0.15, 0.2) is 0 Å². The van der Waals surface area contributed by atoms with Gasteiger partial charge >= 0.3 is 0 Å². The zero-order chi connectivity index (χ0) is 23.3. The summed E-state index contributed by atoms with van der Waals surface area (Å²) in [6.45, 7) is 10.9. The number of benzene rings is 1. The van der Waals surface area contributed by atoms with Crippen molar-refractivity contribution in [2.24, 2.45) is 5.92 Å². The number of nitrogens with zero attached hydrogens (tertiary/aromatic N) is 2. The van der Waals surface area contributed by atoms with Gasteiger partial charge in [0.2, 0.25) is 11.8 Å². The third-order valence-corrected chi connectivity index (χ3v) is 6.25. The van der Waals surface area contributed by atoms with Crippen molar-refractivity contribution in [1.82, 2.24) is 15.5 Å². The van der Waals surface area contributed by atoms with Crippen LogP contribution >= 0.6 is 11.3 Å². The molecule has 3 aromatic rings. The number of hydrogen-bond donors (Lipinski definition) is 2. The number of amides is 1. The lowest BCUT2D eigenvalue weighted by atomic mass is 10.0. The highest BCUT2D eigenvalue weighted by Crippen LogP contribution is 2.35. The predicted molar refractivity (Wildman–Crippen MR) is 126 cm³/mol. The molecule has 1 aromatic carbocycles. The first kappa shape index (κ1) is 23.9. The normalized spacial score (nSPS) is 11.2. The zero-order valence-corrected chi connectivity index (χ0v) is 20.1. The third kappa shape index (κ3) is 5.75. The van der Waals surface area contributed by atoms with Crippen LogP contribution in [0.4, 0.5) is 0 Å². The Kier molecular flexibility index (Phi) is 8.04. The summed E-state index contributed by atoms with van der Waals surface area (Å²) in [4.78, 5) is 12.1. The summed E-state index contributed by atoms with van der Waals surface area (Å²) in [6, 6.07) is 3.97. The first-order valence-corrected chi connectivity index (χ1v) is 11.7. The maximum absolute atomic E-state index is 11.1. The summed E-state index contributed by atoms with van der Waals surface area (Å²) >= 11 is 1.65. The second kappa shape index (κ2) is 10.7. The van der Waals surface area contributed by atoms with Crippen LogP contribution in [-0.4, -0.2) is 41.0 Å². The minimum atomic E-state index is -0.497. The van der Waals surface area contributed by atoms with Crippen molar-refractivity contribution in [3.8, 4) is 28.0 Å². The van der Waals surface area contributed by atoms with E-state index in [0.29, 0.717) is 37.3 Å². The van der Waals surface area contributed by atoms with E-state index >= 15 is 0 Å². The van der Waals surface area contributed by atoms with Gasteiger partial charge in [0.1, 0.15) is 12.4 Å². The number of hydrogen-bond acceptors (Lipinski definition) is 7. The Bertz CT molecular complexity index is 1050. The smallest absolute Gasteiger partial charge is 0.258 e. The van der Waals surface area contributed by atoms with Crippen LogP contribution in [0.5, 0.6) is 5.75 Å². The fourth-order valence-corrected chi connectivity index (χ4v) is 4.59. The molecular weight excluding hydrogens is 426 g/mol. The van der Waals surface area contributed by atoms with Crippen molar-refractivity contribution in [1.29, 1.82) is 0 Å². The van der Waals surface area contributed by atoms with Crippen LogP contribution in [0.15, 0.2) is 21.9 Å². The molecule has 172 valence electrons. The number of rotatable bonds is 10. The topological polar surface area (TPSA) is 97.5 Å². The Morgan fingerprint density at radius 3 is 2.53 bits per heavy atom. The molecule has 2 N–H and O–H groups in total. The number of aliphatic hydroxyl groups is 1. The van der Waals surface area contributed by atoms with Gasteiger partial charge in [0.05, 0.1) is 11.5 Å². The lowest BCUT2D eigenvalue weighted by Gasteiger charge is -2.13. The second-order valence-electron chi connectivity index (χ2n) is 8.37. The molecule has 1 amide bonds.